The monoisotopic (exact) mass is 429 g/mol. The lowest BCUT2D eigenvalue weighted by molar-refractivity contribution is -0.122. The number of carbonyl (C=O) groups excluding carboxylic acids is 1. The van der Waals surface area contributed by atoms with Gasteiger partial charge >= 0.3 is 0 Å². The molecule has 3 rings (SSSR count). The summed E-state index contributed by atoms with van der Waals surface area (Å²) in [5.41, 5.74) is 3.41. The van der Waals surface area contributed by atoms with Gasteiger partial charge in [-0.2, -0.15) is 4.31 Å². The van der Waals surface area contributed by atoms with Crippen molar-refractivity contribution in [3.8, 4) is 0 Å². The van der Waals surface area contributed by atoms with Gasteiger partial charge in [0.05, 0.1) is 11.4 Å². The van der Waals surface area contributed by atoms with Gasteiger partial charge in [-0.25, -0.2) is 8.42 Å². The minimum atomic E-state index is -3.49. The molecule has 0 radical (unpaired) electrons. The largest absolute Gasteiger partial charge is 0.351 e. The lowest BCUT2D eigenvalue weighted by Gasteiger charge is -2.33. The molecule has 2 aromatic carbocycles. The van der Waals surface area contributed by atoms with E-state index in [4.69, 9.17) is 0 Å². The molecule has 0 bridgehead atoms. The fraction of sp³-hybridized carbons (Fsp3) is 0.435. The van der Waals surface area contributed by atoms with E-state index in [1.807, 2.05) is 48.2 Å². The molecular weight excluding hydrogens is 398 g/mol. The molecule has 30 heavy (non-hydrogen) atoms. The first kappa shape index (κ1) is 22.5. The number of aryl methyl sites for hydroxylation is 2. The predicted octanol–water partition coefficient (Wildman–Crippen LogP) is 2.57. The van der Waals surface area contributed by atoms with E-state index in [2.05, 4.69) is 12.2 Å². The topological polar surface area (TPSA) is 69.7 Å². The van der Waals surface area contributed by atoms with Gasteiger partial charge < -0.3 is 5.32 Å². The molecule has 1 N–H and O–H groups in total. The van der Waals surface area contributed by atoms with Crippen LogP contribution in [0.5, 0.6) is 0 Å². The molecule has 1 aliphatic heterocycles. The molecule has 1 aliphatic rings. The number of hydrogen-bond acceptors (Lipinski definition) is 4. The van der Waals surface area contributed by atoms with Crippen molar-refractivity contribution in [2.75, 3.05) is 32.7 Å². The summed E-state index contributed by atoms with van der Waals surface area (Å²) in [5.74, 6) is -0.0407. The Morgan fingerprint density at radius 3 is 2.30 bits per heavy atom. The van der Waals surface area contributed by atoms with Crippen LogP contribution >= 0.6 is 0 Å². The number of nitrogens with one attached hydrogen (secondary N) is 1. The molecule has 0 saturated carbocycles. The maximum atomic E-state index is 12.9. The number of nitrogens with zero attached hydrogens (tertiary/aromatic N) is 2. The van der Waals surface area contributed by atoms with Crippen LogP contribution in [0, 0.1) is 6.92 Å². The minimum absolute atomic E-state index is 0.0407. The van der Waals surface area contributed by atoms with Crippen molar-refractivity contribution in [1.82, 2.24) is 14.5 Å². The van der Waals surface area contributed by atoms with Crippen molar-refractivity contribution < 1.29 is 13.2 Å². The van der Waals surface area contributed by atoms with E-state index in [1.165, 1.54) is 4.31 Å². The number of rotatable bonds is 8. The quantitative estimate of drug-likeness (QED) is 0.700. The maximum absolute atomic E-state index is 12.9. The summed E-state index contributed by atoms with van der Waals surface area (Å²) >= 11 is 0. The molecule has 0 spiro atoms. The van der Waals surface area contributed by atoms with Crippen LogP contribution in [0.2, 0.25) is 0 Å². The lowest BCUT2D eigenvalue weighted by Crippen LogP contribution is -2.50. The number of sulfonamides is 1. The SMILES string of the molecule is CCCc1ccc(S(=O)(=O)N2CCN(CC(=O)NCc3ccccc3C)CC2)cc1. The zero-order chi connectivity index (χ0) is 21.6. The van der Waals surface area contributed by atoms with Gasteiger partial charge in [-0.3, -0.25) is 9.69 Å². The van der Waals surface area contributed by atoms with Crippen LogP contribution in [-0.2, 0) is 27.8 Å². The van der Waals surface area contributed by atoms with Gasteiger partial charge in [-0.1, -0.05) is 49.7 Å². The molecule has 162 valence electrons. The fourth-order valence-corrected chi connectivity index (χ4v) is 5.08. The zero-order valence-corrected chi connectivity index (χ0v) is 18.6. The van der Waals surface area contributed by atoms with Crippen LogP contribution < -0.4 is 5.32 Å². The molecule has 0 unspecified atom stereocenters. The summed E-state index contributed by atoms with van der Waals surface area (Å²) < 4.78 is 27.3. The Morgan fingerprint density at radius 1 is 1.00 bits per heavy atom. The summed E-state index contributed by atoms with van der Waals surface area (Å²) in [6, 6.07) is 15.2. The van der Waals surface area contributed by atoms with Gasteiger partial charge in [0.1, 0.15) is 0 Å². The molecule has 0 atom stereocenters. The molecule has 1 amide bonds. The van der Waals surface area contributed by atoms with Crippen molar-refractivity contribution in [1.29, 1.82) is 0 Å². The standard InChI is InChI=1S/C23H31N3O3S/c1-3-6-20-9-11-22(12-10-20)30(28,29)26-15-13-25(14-16-26)18-23(27)24-17-21-8-5-4-7-19(21)2/h4-5,7-12H,3,6,13-18H2,1-2H3,(H,24,27). The second-order valence-electron chi connectivity index (χ2n) is 7.78. The third kappa shape index (κ3) is 5.68. The Balaban J connectivity index is 1.49. The van der Waals surface area contributed by atoms with Crippen molar-refractivity contribution in [2.24, 2.45) is 0 Å². The fourth-order valence-electron chi connectivity index (χ4n) is 3.66. The Labute approximate surface area is 179 Å². The van der Waals surface area contributed by atoms with E-state index < -0.39 is 10.0 Å². The maximum Gasteiger partial charge on any atom is 0.243 e. The summed E-state index contributed by atoms with van der Waals surface area (Å²) in [6.07, 6.45) is 1.98. The number of carbonyl (C=O) groups is 1. The van der Waals surface area contributed by atoms with E-state index in [9.17, 15) is 13.2 Å². The van der Waals surface area contributed by atoms with E-state index >= 15 is 0 Å². The third-order valence-corrected chi connectivity index (χ3v) is 7.45. The van der Waals surface area contributed by atoms with Crippen molar-refractivity contribution >= 4 is 15.9 Å². The van der Waals surface area contributed by atoms with Crippen LogP contribution in [0.25, 0.3) is 0 Å². The predicted molar refractivity (Wildman–Crippen MR) is 119 cm³/mol. The first-order chi connectivity index (χ1) is 14.4. The second-order valence-corrected chi connectivity index (χ2v) is 9.72. The summed E-state index contributed by atoms with van der Waals surface area (Å²) in [5, 5.41) is 2.96. The summed E-state index contributed by atoms with van der Waals surface area (Å²) in [6.45, 7) is 6.80. The van der Waals surface area contributed by atoms with Crippen LogP contribution in [-0.4, -0.2) is 56.3 Å². The number of benzene rings is 2. The molecule has 2 aromatic rings. The molecule has 1 fully saturated rings. The Kier molecular flexibility index (Phi) is 7.64. The highest BCUT2D eigenvalue weighted by atomic mass is 32.2. The molecule has 1 saturated heterocycles. The number of hydrogen-bond donors (Lipinski definition) is 1. The van der Waals surface area contributed by atoms with E-state index in [1.54, 1.807) is 12.1 Å². The summed E-state index contributed by atoms with van der Waals surface area (Å²) in [4.78, 5) is 14.6. The molecule has 6 nitrogen and oxygen atoms in total. The highest BCUT2D eigenvalue weighted by Gasteiger charge is 2.29. The second kappa shape index (κ2) is 10.2. The van der Waals surface area contributed by atoms with E-state index in [0.717, 1.165) is 29.5 Å². The summed E-state index contributed by atoms with van der Waals surface area (Å²) in [7, 11) is -3.49. The lowest BCUT2D eigenvalue weighted by atomic mass is 10.1. The smallest absolute Gasteiger partial charge is 0.243 e. The van der Waals surface area contributed by atoms with Crippen LogP contribution in [0.1, 0.15) is 30.0 Å². The van der Waals surface area contributed by atoms with Crippen molar-refractivity contribution in [3.63, 3.8) is 0 Å². The van der Waals surface area contributed by atoms with Crippen LogP contribution in [0.4, 0.5) is 0 Å². The molecule has 7 heteroatoms. The van der Waals surface area contributed by atoms with Crippen molar-refractivity contribution in [2.45, 2.75) is 38.1 Å². The van der Waals surface area contributed by atoms with E-state index in [-0.39, 0.29) is 12.5 Å². The first-order valence-electron chi connectivity index (χ1n) is 10.5. The molecule has 0 aliphatic carbocycles. The first-order valence-corrected chi connectivity index (χ1v) is 12.0. The Bertz CT molecular complexity index is 950. The van der Waals surface area contributed by atoms with Gasteiger partial charge in [0.25, 0.3) is 0 Å². The molecule has 0 aromatic heterocycles. The normalized spacial score (nSPS) is 15.8. The van der Waals surface area contributed by atoms with Gasteiger partial charge in [0.15, 0.2) is 0 Å². The Hall–Kier alpha value is -2.22. The minimum Gasteiger partial charge on any atom is -0.351 e. The van der Waals surface area contributed by atoms with Crippen molar-refractivity contribution in [3.05, 3.63) is 65.2 Å². The van der Waals surface area contributed by atoms with Gasteiger partial charge in [0.2, 0.25) is 15.9 Å². The van der Waals surface area contributed by atoms with Gasteiger partial charge in [-0.15, -0.1) is 0 Å². The van der Waals surface area contributed by atoms with Gasteiger partial charge in [-0.05, 0) is 42.2 Å². The Morgan fingerprint density at radius 2 is 1.67 bits per heavy atom. The number of piperazine rings is 1. The number of amides is 1. The highest BCUT2D eigenvalue weighted by Crippen LogP contribution is 2.19. The average molecular weight is 430 g/mol. The highest BCUT2D eigenvalue weighted by molar-refractivity contribution is 7.89. The molecular formula is C23H31N3O3S. The zero-order valence-electron chi connectivity index (χ0n) is 17.8. The van der Waals surface area contributed by atoms with E-state index in [0.29, 0.717) is 37.6 Å². The van der Waals surface area contributed by atoms with Crippen LogP contribution in [0.3, 0.4) is 0 Å². The van der Waals surface area contributed by atoms with Gasteiger partial charge in [0, 0.05) is 32.7 Å². The average Bonchev–Trinajstić information content (AvgIpc) is 2.74. The van der Waals surface area contributed by atoms with Crippen LogP contribution in [0.15, 0.2) is 53.4 Å². The third-order valence-electron chi connectivity index (χ3n) is 5.54. The molecule has 1 heterocycles.